The molecule has 0 unspecified atom stereocenters. The van der Waals surface area contributed by atoms with E-state index in [2.05, 4.69) is 15.3 Å². The SMILES string of the molecule is CS/C(=N/c1cncn1C)NC#N. The molecular formula is C7H9N5S. The monoisotopic (exact) mass is 195 g/mol. The van der Waals surface area contributed by atoms with Gasteiger partial charge in [-0.1, -0.05) is 11.8 Å². The van der Waals surface area contributed by atoms with Gasteiger partial charge in [-0.3, -0.25) is 5.32 Å². The van der Waals surface area contributed by atoms with Crippen LogP contribution in [0.15, 0.2) is 17.5 Å². The fourth-order valence-electron chi connectivity index (χ4n) is 0.734. The van der Waals surface area contributed by atoms with Crippen LogP contribution in [0.25, 0.3) is 0 Å². The van der Waals surface area contributed by atoms with Crippen LogP contribution in [0.4, 0.5) is 5.82 Å². The van der Waals surface area contributed by atoms with Crippen molar-refractivity contribution in [1.29, 1.82) is 5.26 Å². The van der Waals surface area contributed by atoms with E-state index < -0.39 is 0 Å². The van der Waals surface area contributed by atoms with Crippen LogP contribution in [0.2, 0.25) is 0 Å². The van der Waals surface area contributed by atoms with E-state index in [4.69, 9.17) is 5.26 Å². The number of nitriles is 1. The van der Waals surface area contributed by atoms with Crippen LogP contribution >= 0.6 is 11.8 Å². The lowest BCUT2D eigenvalue weighted by Crippen LogP contribution is -2.12. The lowest BCUT2D eigenvalue weighted by atomic mass is 10.7. The van der Waals surface area contributed by atoms with Gasteiger partial charge in [-0.05, 0) is 6.26 Å². The summed E-state index contributed by atoms with van der Waals surface area (Å²) in [5.74, 6) is 0.715. The highest BCUT2D eigenvalue weighted by molar-refractivity contribution is 8.13. The van der Waals surface area contributed by atoms with Gasteiger partial charge < -0.3 is 4.57 Å². The van der Waals surface area contributed by atoms with Crippen LogP contribution in [0.5, 0.6) is 0 Å². The highest BCUT2D eigenvalue weighted by atomic mass is 32.2. The molecule has 1 N–H and O–H groups in total. The van der Waals surface area contributed by atoms with Gasteiger partial charge in [0.15, 0.2) is 17.2 Å². The van der Waals surface area contributed by atoms with Crippen molar-refractivity contribution in [2.24, 2.45) is 12.0 Å². The zero-order valence-corrected chi connectivity index (χ0v) is 8.17. The highest BCUT2D eigenvalue weighted by Crippen LogP contribution is 2.10. The van der Waals surface area contributed by atoms with Gasteiger partial charge in [-0.15, -0.1) is 0 Å². The summed E-state index contributed by atoms with van der Waals surface area (Å²) in [5.41, 5.74) is 0. The van der Waals surface area contributed by atoms with E-state index >= 15 is 0 Å². The van der Waals surface area contributed by atoms with Gasteiger partial charge in [-0.2, -0.15) is 5.26 Å². The second-order valence-electron chi connectivity index (χ2n) is 2.22. The van der Waals surface area contributed by atoms with Gasteiger partial charge in [0, 0.05) is 7.05 Å². The molecule has 0 spiro atoms. The number of hydrogen-bond acceptors (Lipinski definition) is 4. The Labute approximate surface area is 80.5 Å². The van der Waals surface area contributed by atoms with Gasteiger partial charge in [-0.25, -0.2) is 9.98 Å². The molecule has 0 bridgehead atoms. The number of aromatic nitrogens is 2. The summed E-state index contributed by atoms with van der Waals surface area (Å²) in [4.78, 5) is 8.08. The van der Waals surface area contributed by atoms with Crippen molar-refractivity contribution in [2.75, 3.05) is 6.26 Å². The molecule has 0 fully saturated rings. The van der Waals surface area contributed by atoms with Gasteiger partial charge in [0.05, 0.1) is 12.5 Å². The molecule has 0 aliphatic rings. The summed E-state index contributed by atoms with van der Waals surface area (Å²) in [6.07, 6.45) is 6.96. The Kier molecular flexibility index (Phi) is 3.34. The van der Waals surface area contributed by atoms with Crippen LogP contribution in [-0.2, 0) is 7.05 Å². The molecule has 0 radical (unpaired) electrons. The summed E-state index contributed by atoms with van der Waals surface area (Å²) in [7, 11) is 1.84. The average molecular weight is 195 g/mol. The first-order chi connectivity index (χ1) is 6.27. The molecule has 0 aliphatic carbocycles. The van der Waals surface area contributed by atoms with Crippen molar-refractivity contribution in [1.82, 2.24) is 14.9 Å². The molecule has 1 rings (SSSR count). The van der Waals surface area contributed by atoms with Crippen molar-refractivity contribution in [3.05, 3.63) is 12.5 Å². The largest absolute Gasteiger partial charge is 0.319 e. The van der Waals surface area contributed by atoms with E-state index in [0.29, 0.717) is 11.0 Å². The Morgan fingerprint density at radius 1 is 1.85 bits per heavy atom. The minimum Gasteiger partial charge on any atom is -0.319 e. The maximum absolute atomic E-state index is 8.39. The smallest absolute Gasteiger partial charge is 0.183 e. The van der Waals surface area contributed by atoms with Crippen molar-refractivity contribution >= 4 is 22.7 Å². The molecule has 5 nitrogen and oxygen atoms in total. The fraction of sp³-hybridized carbons (Fsp3) is 0.286. The number of nitrogens with one attached hydrogen (secondary N) is 1. The van der Waals surface area contributed by atoms with E-state index in [1.54, 1.807) is 17.1 Å². The maximum atomic E-state index is 8.39. The Morgan fingerprint density at radius 3 is 3.08 bits per heavy atom. The van der Waals surface area contributed by atoms with E-state index in [0.717, 1.165) is 0 Å². The number of imidazole rings is 1. The second kappa shape index (κ2) is 4.52. The molecule has 13 heavy (non-hydrogen) atoms. The standard InChI is InChI=1S/C7H9N5S/c1-12-5-9-3-6(12)11-7(13-2)10-4-8/h3,5H,1-2H3,(H,10,11). The van der Waals surface area contributed by atoms with E-state index in [1.807, 2.05) is 19.5 Å². The minimum atomic E-state index is 0.561. The lowest BCUT2D eigenvalue weighted by Gasteiger charge is -1.99. The number of nitrogens with zero attached hydrogens (tertiary/aromatic N) is 4. The maximum Gasteiger partial charge on any atom is 0.183 e. The summed E-state index contributed by atoms with van der Waals surface area (Å²) in [6.45, 7) is 0. The molecule has 6 heteroatoms. The summed E-state index contributed by atoms with van der Waals surface area (Å²) in [5, 5.41) is 11.4. The molecule has 1 heterocycles. The summed E-state index contributed by atoms with van der Waals surface area (Å²) < 4.78 is 1.77. The first kappa shape index (κ1) is 9.61. The average Bonchev–Trinajstić information content (AvgIpc) is 2.51. The Bertz CT molecular complexity index is 348. The molecule has 0 saturated heterocycles. The predicted molar refractivity (Wildman–Crippen MR) is 52.6 cm³/mol. The topological polar surface area (TPSA) is 66.0 Å². The number of hydrogen-bond donors (Lipinski definition) is 1. The molecule has 0 amide bonds. The van der Waals surface area contributed by atoms with Crippen LogP contribution in [0.1, 0.15) is 0 Å². The normalized spacial score (nSPS) is 11.0. The third-order valence-corrected chi connectivity index (χ3v) is 1.94. The molecule has 0 aliphatic heterocycles. The van der Waals surface area contributed by atoms with Gasteiger partial charge in [0.1, 0.15) is 0 Å². The third-order valence-electron chi connectivity index (χ3n) is 1.36. The molecule has 0 saturated carbocycles. The molecule has 1 aromatic heterocycles. The van der Waals surface area contributed by atoms with Crippen molar-refractivity contribution < 1.29 is 0 Å². The van der Waals surface area contributed by atoms with E-state index in [9.17, 15) is 0 Å². The Balaban J connectivity index is 2.86. The zero-order valence-electron chi connectivity index (χ0n) is 7.35. The first-order valence-electron chi connectivity index (χ1n) is 3.52. The number of rotatable bonds is 1. The van der Waals surface area contributed by atoms with Crippen LogP contribution < -0.4 is 5.32 Å². The van der Waals surface area contributed by atoms with Crippen LogP contribution in [-0.4, -0.2) is 21.0 Å². The Morgan fingerprint density at radius 2 is 2.62 bits per heavy atom. The van der Waals surface area contributed by atoms with Crippen molar-refractivity contribution in [3.63, 3.8) is 0 Å². The number of aliphatic imine (C=N–C) groups is 1. The number of amidine groups is 1. The van der Waals surface area contributed by atoms with Gasteiger partial charge in [0.25, 0.3) is 0 Å². The molecular weight excluding hydrogens is 186 g/mol. The molecule has 68 valence electrons. The molecule has 0 aromatic carbocycles. The quantitative estimate of drug-likeness (QED) is 0.312. The predicted octanol–water partition coefficient (Wildman–Crippen LogP) is 0.841. The van der Waals surface area contributed by atoms with Crippen LogP contribution in [0.3, 0.4) is 0 Å². The highest BCUT2D eigenvalue weighted by Gasteiger charge is 1.98. The zero-order chi connectivity index (χ0) is 9.68. The van der Waals surface area contributed by atoms with Gasteiger partial charge in [0.2, 0.25) is 0 Å². The third kappa shape index (κ3) is 2.49. The first-order valence-corrected chi connectivity index (χ1v) is 4.74. The molecule has 1 aromatic rings. The van der Waals surface area contributed by atoms with E-state index in [-0.39, 0.29) is 0 Å². The minimum absolute atomic E-state index is 0.561. The number of aryl methyl sites for hydroxylation is 1. The molecule has 0 atom stereocenters. The van der Waals surface area contributed by atoms with Gasteiger partial charge >= 0.3 is 0 Å². The lowest BCUT2D eigenvalue weighted by molar-refractivity contribution is 0.911. The second-order valence-corrected chi connectivity index (χ2v) is 3.02. The summed E-state index contributed by atoms with van der Waals surface area (Å²) >= 11 is 1.38. The Hall–Kier alpha value is -1.48. The number of thioether (sulfide) groups is 1. The van der Waals surface area contributed by atoms with Crippen molar-refractivity contribution in [3.8, 4) is 6.19 Å². The summed E-state index contributed by atoms with van der Waals surface area (Å²) in [6, 6.07) is 0. The van der Waals surface area contributed by atoms with Crippen molar-refractivity contribution in [2.45, 2.75) is 0 Å². The fourth-order valence-corrected chi connectivity index (χ4v) is 1.07. The van der Waals surface area contributed by atoms with Crippen LogP contribution in [0, 0.1) is 11.5 Å². The van der Waals surface area contributed by atoms with E-state index in [1.165, 1.54) is 11.8 Å².